The summed E-state index contributed by atoms with van der Waals surface area (Å²) < 4.78 is 325. The molecule has 0 nitrogen and oxygen atoms in total. The van der Waals surface area contributed by atoms with Crippen molar-refractivity contribution in [3.05, 3.63) is 46.3 Å². The standard InChI is InChI=1S/C18F24/c19-4-1-2(6(21)10(25)9(4)24)5(20)8(23)7(22)3(1)11(26,27)12(28,29)13(30,31)14(32,33)15(34,35)16(36,37)17(38,39)18(40,41)42. The highest BCUT2D eigenvalue weighted by molar-refractivity contribution is 5.89. The maximum atomic E-state index is 14.6. The number of hydrogen-bond donors (Lipinski definition) is 0. The fourth-order valence-corrected chi connectivity index (χ4v) is 3.11. The summed E-state index contributed by atoms with van der Waals surface area (Å²) in [5.41, 5.74) is -4.40. The smallest absolute Gasteiger partial charge is 0.203 e. The summed E-state index contributed by atoms with van der Waals surface area (Å²) in [7, 11) is 0. The molecule has 0 heterocycles. The summed E-state index contributed by atoms with van der Waals surface area (Å²) in [6, 6.07) is 0. The van der Waals surface area contributed by atoms with Crippen molar-refractivity contribution < 1.29 is 105 Å². The minimum atomic E-state index is -9.21. The van der Waals surface area contributed by atoms with E-state index < -0.39 is 105 Å². The molecule has 0 aliphatic rings. The number of benzene rings is 2. The maximum absolute atomic E-state index is 14.6. The molecule has 0 aromatic heterocycles. The molecule has 0 unspecified atom stereocenters. The SMILES string of the molecule is Fc1c(F)c(F)c2c(C(F)(F)C(F)(F)C(F)(F)C(F)(F)C(F)(F)C(F)(F)C(F)(F)C(F)(F)F)c(F)c(F)c(F)c2c1F. The van der Waals surface area contributed by atoms with E-state index in [-0.39, 0.29) is 0 Å². The molecule has 0 amide bonds. The van der Waals surface area contributed by atoms with Crippen molar-refractivity contribution in [2.45, 2.75) is 47.6 Å². The molecule has 2 rings (SSSR count). The molecule has 2 aromatic rings. The van der Waals surface area contributed by atoms with Crippen molar-refractivity contribution in [1.82, 2.24) is 0 Å². The summed E-state index contributed by atoms with van der Waals surface area (Å²) >= 11 is 0. The molecule has 0 saturated heterocycles. The molecule has 24 heteroatoms. The Hall–Kier alpha value is -2.98. The van der Waals surface area contributed by atoms with Crippen LogP contribution in [0.15, 0.2) is 0 Å². The average molecular weight is 672 g/mol. The topological polar surface area (TPSA) is 0 Å². The fourth-order valence-electron chi connectivity index (χ4n) is 3.11. The first-order valence-electron chi connectivity index (χ1n) is 9.29. The lowest BCUT2D eigenvalue weighted by molar-refractivity contribution is -0.462. The van der Waals surface area contributed by atoms with Crippen LogP contribution in [-0.4, -0.2) is 41.7 Å². The summed E-state index contributed by atoms with van der Waals surface area (Å²) in [5.74, 6) is -87.3. The molecule has 0 aliphatic heterocycles. The first kappa shape index (κ1) is 35.2. The molecular formula is C18F24. The molecule has 0 radical (unpaired) electrons. The van der Waals surface area contributed by atoms with Gasteiger partial charge in [0.1, 0.15) is 0 Å². The lowest BCUT2D eigenvalue weighted by Gasteiger charge is -2.43. The van der Waals surface area contributed by atoms with Crippen LogP contribution in [0, 0.1) is 40.7 Å². The zero-order chi connectivity index (χ0) is 33.8. The Morgan fingerprint density at radius 1 is 0.262 bits per heavy atom. The highest BCUT2D eigenvalue weighted by atomic mass is 19.4. The van der Waals surface area contributed by atoms with Gasteiger partial charge in [-0.15, -0.1) is 0 Å². The minimum Gasteiger partial charge on any atom is -0.203 e. The third kappa shape index (κ3) is 3.97. The Morgan fingerprint density at radius 2 is 0.524 bits per heavy atom. The van der Waals surface area contributed by atoms with Crippen molar-refractivity contribution >= 4 is 10.8 Å². The Labute approximate surface area is 211 Å². The molecule has 42 heavy (non-hydrogen) atoms. The lowest BCUT2D eigenvalue weighted by atomic mass is 9.85. The van der Waals surface area contributed by atoms with Crippen LogP contribution in [0.1, 0.15) is 5.56 Å². The summed E-state index contributed by atoms with van der Waals surface area (Å²) in [6.45, 7) is 0. The summed E-state index contributed by atoms with van der Waals surface area (Å²) in [6.07, 6.45) is -8.06. The van der Waals surface area contributed by atoms with Gasteiger partial charge in [-0.3, -0.25) is 0 Å². The molecule has 0 bridgehead atoms. The number of alkyl halides is 17. The van der Waals surface area contributed by atoms with Crippen LogP contribution in [0.25, 0.3) is 10.8 Å². The van der Waals surface area contributed by atoms with Crippen molar-refractivity contribution in [3.63, 3.8) is 0 Å². The van der Waals surface area contributed by atoms with Gasteiger partial charge in [-0.1, -0.05) is 0 Å². The molecular weight excluding hydrogens is 672 g/mol. The van der Waals surface area contributed by atoms with Crippen LogP contribution in [0.3, 0.4) is 0 Å². The van der Waals surface area contributed by atoms with Gasteiger partial charge in [0, 0.05) is 5.39 Å². The van der Waals surface area contributed by atoms with Crippen molar-refractivity contribution in [2.24, 2.45) is 0 Å². The van der Waals surface area contributed by atoms with Crippen LogP contribution >= 0.6 is 0 Å². The monoisotopic (exact) mass is 672 g/mol. The third-order valence-corrected chi connectivity index (χ3v) is 5.38. The molecule has 0 aliphatic carbocycles. The van der Waals surface area contributed by atoms with Crippen molar-refractivity contribution in [2.75, 3.05) is 0 Å². The number of hydrogen-bond acceptors (Lipinski definition) is 0. The Balaban J connectivity index is 3.04. The molecule has 240 valence electrons. The molecule has 0 N–H and O–H groups in total. The average Bonchev–Trinajstić information content (AvgIpc) is 2.82. The first-order chi connectivity index (χ1) is 18.2. The van der Waals surface area contributed by atoms with Crippen LogP contribution in [-0.2, 0) is 5.92 Å². The van der Waals surface area contributed by atoms with E-state index in [0.717, 1.165) is 0 Å². The van der Waals surface area contributed by atoms with Gasteiger partial charge in [-0.05, 0) is 0 Å². The van der Waals surface area contributed by atoms with E-state index in [0.29, 0.717) is 0 Å². The Kier molecular flexibility index (Phi) is 7.76. The van der Waals surface area contributed by atoms with E-state index >= 15 is 0 Å². The molecule has 2 aromatic carbocycles. The third-order valence-electron chi connectivity index (χ3n) is 5.38. The van der Waals surface area contributed by atoms with Crippen LogP contribution in [0.5, 0.6) is 0 Å². The largest absolute Gasteiger partial charge is 0.460 e. The highest BCUT2D eigenvalue weighted by Crippen LogP contribution is 2.65. The van der Waals surface area contributed by atoms with Crippen molar-refractivity contribution in [3.8, 4) is 0 Å². The second-order valence-corrected chi connectivity index (χ2v) is 7.84. The number of rotatable bonds is 7. The van der Waals surface area contributed by atoms with Gasteiger partial charge >= 0.3 is 47.6 Å². The quantitative estimate of drug-likeness (QED) is 0.156. The van der Waals surface area contributed by atoms with Gasteiger partial charge in [0.05, 0.1) is 10.9 Å². The lowest BCUT2D eigenvalue weighted by Crippen LogP contribution is -2.74. The predicted octanol–water partition coefficient (Wildman–Crippen LogP) is 9.28. The van der Waals surface area contributed by atoms with E-state index in [9.17, 15) is 105 Å². The number of fused-ring (bicyclic) bond motifs is 1. The summed E-state index contributed by atoms with van der Waals surface area (Å²) in [4.78, 5) is 0. The second-order valence-electron chi connectivity index (χ2n) is 7.84. The molecule has 0 atom stereocenters. The summed E-state index contributed by atoms with van der Waals surface area (Å²) in [5, 5.41) is -6.74. The zero-order valence-electron chi connectivity index (χ0n) is 18.1. The van der Waals surface area contributed by atoms with Crippen molar-refractivity contribution in [1.29, 1.82) is 0 Å². The van der Waals surface area contributed by atoms with E-state index in [1.54, 1.807) is 0 Å². The first-order valence-corrected chi connectivity index (χ1v) is 9.29. The Bertz CT molecular complexity index is 1400. The zero-order valence-corrected chi connectivity index (χ0v) is 18.1. The fraction of sp³-hybridized carbons (Fsp3) is 0.444. The normalized spacial score (nSPS) is 15.1. The van der Waals surface area contributed by atoms with Crippen LogP contribution in [0.2, 0.25) is 0 Å². The number of halogens is 24. The maximum Gasteiger partial charge on any atom is 0.460 e. The molecule has 0 fully saturated rings. The van der Waals surface area contributed by atoms with Gasteiger partial charge in [0.15, 0.2) is 40.7 Å². The van der Waals surface area contributed by atoms with E-state index in [1.807, 2.05) is 0 Å². The van der Waals surface area contributed by atoms with Gasteiger partial charge in [-0.25, -0.2) is 30.7 Å². The van der Waals surface area contributed by atoms with Crippen LogP contribution < -0.4 is 0 Å². The van der Waals surface area contributed by atoms with E-state index in [1.165, 1.54) is 0 Å². The molecule has 0 spiro atoms. The van der Waals surface area contributed by atoms with Gasteiger partial charge < -0.3 is 0 Å². The second kappa shape index (κ2) is 9.26. The highest BCUT2D eigenvalue weighted by Gasteiger charge is 2.95. The van der Waals surface area contributed by atoms with Gasteiger partial charge in [0.2, 0.25) is 0 Å². The minimum absolute atomic E-state index is 3.19. The molecule has 0 saturated carbocycles. The van der Waals surface area contributed by atoms with E-state index in [4.69, 9.17) is 0 Å². The van der Waals surface area contributed by atoms with E-state index in [2.05, 4.69) is 0 Å². The van der Waals surface area contributed by atoms with Gasteiger partial charge in [-0.2, -0.15) is 74.6 Å². The van der Waals surface area contributed by atoms with Gasteiger partial charge in [0.25, 0.3) is 0 Å². The van der Waals surface area contributed by atoms with Crippen LogP contribution in [0.4, 0.5) is 105 Å². The Morgan fingerprint density at radius 3 is 0.857 bits per heavy atom. The predicted molar refractivity (Wildman–Crippen MR) is 83.3 cm³/mol.